The molecule has 0 aromatic carbocycles. The fourth-order valence-corrected chi connectivity index (χ4v) is 3.04. The number of carbonyl (C=O) groups is 1. The molecule has 2 saturated heterocycles. The Morgan fingerprint density at radius 3 is 2.69 bits per heavy atom. The van der Waals surface area contributed by atoms with Crippen molar-refractivity contribution in [3.63, 3.8) is 0 Å². The molecule has 16 heavy (non-hydrogen) atoms. The summed E-state index contributed by atoms with van der Waals surface area (Å²) >= 11 is 0. The van der Waals surface area contributed by atoms with Gasteiger partial charge in [0.15, 0.2) is 11.9 Å². The molecule has 5 unspecified atom stereocenters. The maximum Gasteiger partial charge on any atom is 0.335 e. The maximum absolute atomic E-state index is 11.5. The number of fused-ring (bicyclic) bond motifs is 5. The van der Waals surface area contributed by atoms with Crippen molar-refractivity contribution >= 4 is 5.97 Å². The standard InChI is InChI=1S/C11H16O5/c1-11(2)15-7-5-4-6(9(7)16-11)14-8(5)10(12)13-3/h5-9H,4H2,1-3H3. The van der Waals surface area contributed by atoms with E-state index in [1.165, 1.54) is 7.11 Å². The van der Waals surface area contributed by atoms with Gasteiger partial charge in [-0.3, -0.25) is 0 Å². The average Bonchev–Trinajstić information content (AvgIpc) is 2.83. The van der Waals surface area contributed by atoms with E-state index in [1.54, 1.807) is 0 Å². The van der Waals surface area contributed by atoms with E-state index in [1.807, 2.05) is 13.8 Å². The number of methoxy groups -OCH3 is 1. The molecule has 0 radical (unpaired) electrons. The van der Waals surface area contributed by atoms with Crippen LogP contribution in [0, 0.1) is 5.92 Å². The molecular weight excluding hydrogens is 212 g/mol. The van der Waals surface area contributed by atoms with Crippen LogP contribution < -0.4 is 0 Å². The summed E-state index contributed by atoms with van der Waals surface area (Å²) in [5, 5.41) is 0. The van der Waals surface area contributed by atoms with Crippen LogP contribution in [-0.2, 0) is 23.7 Å². The van der Waals surface area contributed by atoms with E-state index in [0.717, 1.165) is 6.42 Å². The van der Waals surface area contributed by atoms with Gasteiger partial charge >= 0.3 is 5.97 Å². The van der Waals surface area contributed by atoms with Crippen molar-refractivity contribution in [3.05, 3.63) is 0 Å². The second-order valence-electron chi connectivity index (χ2n) is 5.08. The first-order chi connectivity index (χ1) is 7.52. The van der Waals surface area contributed by atoms with Gasteiger partial charge in [0.05, 0.1) is 19.3 Å². The van der Waals surface area contributed by atoms with Gasteiger partial charge in [0, 0.05) is 5.92 Å². The molecular formula is C11H16O5. The molecule has 3 aliphatic rings. The molecule has 0 amide bonds. The third kappa shape index (κ3) is 1.31. The molecule has 5 heteroatoms. The van der Waals surface area contributed by atoms with Crippen LogP contribution in [0.25, 0.3) is 0 Å². The summed E-state index contributed by atoms with van der Waals surface area (Å²) in [6.07, 6.45) is 0.263. The van der Waals surface area contributed by atoms with E-state index < -0.39 is 11.9 Å². The highest BCUT2D eigenvalue weighted by atomic mass is 16.8. The fraction of sp³-hybridized carbons (Fsp3) is 0.909. The third-order valence-electron chi connectivity index (χ3n) is 3.60. The number of hydrogen-bond acceptors (Lipinski definition) is 5. The third-order valence-corrected chi connectivity index (χ3v) is 3.60. The van der Waals surface area contributed by atoms with Crippen LogP contribution in [0.1, 0.15) is 20.3 Å². The molecule has 3 rings (SSSR count). The van der Waals surface area contributed by atoms with Crippen LogP contribution in [-0.4, -0.2) is 43.3 Å². The van der Waals surface area contributed by atoms with Crippen LogP contribution in [0.5, 0.6) is 0 Å². The van der Waals surface area contributed by atoms with Crippen molar-refractivity contribution in [1.82, 2.24) is 0 Å². The number of rotatable bonds is 1. The summed E-state index contributed by atoms with van der Waals surface area (Å²) in [5.41, 5.74) is 0. The van der Waals surface area contributed by atoms with Gasteiger partial charge in [0.25, 0.3) is 0 Å². The monoisotopic (exact) mass is 228 g/mol. The van der Waals surface area contributed by atoms with Gasteiger partial charge in [0.2, 0.25) is 0 Å². The lowest BCUT2D eigenvalue weighted by atomic mass is 9.98. The molecule has 3 fully saturated rings. The van der Waals surface area contributed by atoms with E-state index in [2.05, 4.69) is 0 Å². The van der Waals surface area contributed by atoms with Crippen LogP contribution in [0.3, 0.4) is 0 Å². The van der Waals surface area contributed by atoms with E-state index >= 15 is 0 Å². The molecule has 2 aliphatic heterocycles. The summed E-state index contributed by atoms with van der Waals surface area (Å²) in [4.78, 5) is 11.5. The molecule has 0 spiro atoms. The van der Waals surface area contributed by atoms with Crippen LogP contribution in [0.4, 0.5) is 0 Å². The molecule has 0 aromatic heterocycles. The van der Waals surface area contributed by atoms with Crippen molar-refractivity contribution in [2.24, 2.45) is 5.92 Å². The minimum absolute atomic E-state index is 0.0269. The largest absolute Gasteiger partial charge is 0.467 e. The Hall–Kier alpha value is -0.650. The average molecular weight is 228 g/mol. The number of ether oxygens (including phenoxy) is 4. The predicted molar refractivity (Wildman–Crippen MR) is 52.6 cm³/mol. The lowest BCUT2D eigenvalue weighted by Crippen LogP contribution is -2.44. The molecule has 0 N–H and O–H groups in total. The zero-order chi connectivity index (χ0) is 11.5. The van der Waals surface area contributed by atoms with Crippen molar-refractivity contribution in [2.45, 2.75) is 50.5 Å². The summed E-state index contributed by atoms with van der Waals surface area (Å²) in [6, 6.07) is 0. The normalized spacial score (nSPS) is 48.1. The smallest absolute Gasteiger partial charge is 0.335 e. The van der Waals surface area contributed by atoms with E-state index in [-0.39, 0.29) is 30.2 Å². The Bertz CT molecular complexity index is 326. The van der Waals surface area contributed by atoms with Crippen LogP contribution in [0.15, 0.2) is 0 Å². The van der Waals surface area contributed by atoms with Crippen molar-refractivity contribution in [2.75, 3.05) is 7.11 Å². The number of esters is 1. The summed E-state index contributed by atoms with van der Waals surface area (Å²) in [7, 11) is 1.38. The van der Waals surface area contributed by atoms with Gasteiger partial charge in [-0.15, -0.1) is 0 Å². The lowest BCUT2D eigenvalue weighted by molar-refractivity contribution is -0.165. The zero-order valence-corrected chi connectivity index (χ0v) is 9.64. The Balaban J connectivity index is 1.80. The molecule has 5 atom stereocenters. The highest BCUT2D eigenvalue weighted by Crippen LogP contribution is 2.49. The van der Waals surface area contributed by atoms with E-state index in [9.17, 15) is 4.79 Å². The lowest BCUT2D eigenvalue weighted by Gasteiger charge is -2.27. The SMILES string of the molecule is COC(=O)C1OC2CC1C1OC(C)(C)OC21. The molecule has 0 aromatic rings. The zero-order valence-electron chi connectivity index (χ0n) is 9.64. The number of carbonyl (C=O) groups excluding carboxylic acids is 1. The second kappa shape index (κ2) is 3.18. The fourth-order valence-electron chi connectivity index (χ4n) is 3.04. The van der Waals surface area contributed by atoms with Crippen LogP contribution in [0.2, 0.25) is 0 Å². The van der Waals surface area contributed by atoms with Gasteiger partial charge in [-0.25, -0.2) is 4.79 Å². The topological polar surface area (TPSA) is 54.0 Å². The molecule has 90 valence electrons. The first kappa shape index (κ1) is 10.5. The van der Waals surface area contributed by atoms with E-state index in [4.69, 9.17) is 18.9 Å². The Morgan fingerprint density at radius 1 is 1.31 bits per heavy atom. The minimum Gasteiger partial charge on any atom is -0.467 e. The summed E-state index contributed by atoms with van der Waals surface area (Å²) in [5.74, 6) is -0.802. The molecule has 2 bridgehead atoms. The van der Waals surface area contributed by atoms with Crippen molar-refractivity contribution in [1.29, 1.82) is 0 Å². The van der Waals surface area contributed by atoms with Gasteiger partial charge in [-0.05, 0) is 20.3 Å². The first-order valence-electron chi connectivity index (χ1n) is 5.61. The first-order valence-corrected chi connectivity index (χ1v) is 5.61. The van der Waals surface area contributed by atoms with E-state index in [0.29, 0.717) is 0 Å². The summed E-state index contributed by atoms with van der Waals surface area (Å²) < 4.78 is 22.0. The second-order valence-corrected chi connectivity index (χ2v) is 5.08. The van der Waals surface area contributed by atoms with Gasteiger partial charge in [0.1, 0.15) is 6.10 Å². The highest BCUT2D eigenvalue weighted by molar-refractivity contribution is 5.75. The molecule has 5 nitrogen and oxygen atoms in total. The molecule has 1 saturated carbocycles. The van der Waals surface area contributed by atoms with Crippen molar-refractivity contribution < 1.29 is 23.7 Å². The quantitative estimate of drug-likeness (QED) is 0.610. The predicted octanol–water partition coefficient (Wildman–Crippen LogP) is 0.467. The van der Waals surface area contributed by atoms with Crippen LogP contribution >= 0.6 is 0 Å². The number of hydrogen-bond donors (Lipinski definition) is 0. The Morgan fingerprint density at radius 2 is 2.00 bits per heavy atom. The summed E-state index contributed by atoms with van der Waals surface area (Å²) in [6.45, 7) is 3.77. The maximum atomic E-state index is 11.5. The Kier molecular flexibility index (Phi) is 2.09. The molecule has 2 heterocycles. The minimum atomic E-state index is -0.569. The van der Waals surface area contributed by atoms with Gasteiger partial charge in [-0.1, -0.05) is 0 Å². The van der Waals surface area contributed by atoms with Crippen molar-refractivity contribution in [3.8, 4) is 0 Å². The highest BCUT2D eigenvalue weighted by Gasteiger charge is 2.63. The Labute approximate surface area is 94.0 Å². The van der Waals surface area contributed by atoms with Gasteiger partial charge < -0.3 is 18.9 Å². The molecule has 1 aliphatic carbocycles. The van der Waals surface area contributed by atoms with Gasteiger partial charge in [-0.2, -0.15) is 0 Å².